The Kier molecular flexibility index (Phi) is 3.96. The number of benzene rings is 1. The number of hydrogen-bond acceptors (Lipinski definition) is 5. The van der Waals surface area contributed by atoms with E-state index in [1.807, 2.05) is 0 Å². The summed E-state index contributed by atoms with van der Waals surface area (Å²) >= 11 is 1.08. The molecule has 0 atom stereocenters. The lowest BCUT2D eigenvalue weighted by Crippen LogP contribution is -2.15. The maximum absolute atomic E-state index is 13.8. The van der Waals surface area contributed by atoms with Crippen molar-refractivity contribution in [1.29, 1.82) is 0 Å². The van der Waals surface area contributed by atoms with E-state index < -0.39 is 21.8 Å². The average molecular weight is 317 g/mol. The van der Waals surface area contributed by atoms with Crippen LogP contribution < -0.4 is 4.72 Å². The standard InChI is InChI=1S/C12H12FNO4S2/c1-3-20(16,17)14-9-4-7-5-11(12(15)18-2)19-10(7)6-8(9)13/h4-6,14H,3H2,1-2H3. The van der Waals surface area contributed by atoms with Crippen molar-refractivity contribution >= 4 is 43.1 Å². The molecule has 1 N–H and O–H groups in total. The zero-order chi connectivity index (χ0) is 14.9. The molecule has 1 aromatic carbocycles. The minimum atomic E-state index is -3.56. The van der Waals surface area contributed by atoms with Crippen LogP contribution in [0.3, 0.4) is 0 Å². The van der Waals surface area contributed by atoms with Gasteiger partial charge in [-0.15, -0.1) is 11.3 Å². The second kappa shape index (κ2) is 5.37. The van der Waals surface area contributed by atoms with E-state index in [2.05, 4.69) is 9.46 Å². The van der Waals surface area contributed by atoms with Crippen molar-refractivity contribution in [2.75, 3.05) is 17.6 Å². The van der Waals surface area contributed by atoms with Crippen LogP contribution in [-0.2, 0) is 14.8 Å². The highest BCUT2D eigenvalue weighted by atomic mass is 32.2. The van der Waals surface area contributed by atoms with Crippen LogP contribution in [0.1, 0.15) is 16.6 Å². The summed E-state index contributed by atoms with van der Waals surface area (Å²) in [5.41, 5.74) is -0.131. The van der Waals surface area contributed by atoms with Crippen LogP contribution in [0.25, 0.3) is 10.1 Å². The lowest BCUT2D eigenvalue weighted by molar-refractivity contribution is 0.0606. The molecule has 0 radical (unpaired) electrons. The van der Waals surface area contributed by atoms with E-state index >= 15 is 0 Å². The number of esters is 1. The van der Waals surface area contributed by atoms with Crippen molar-refractivity contribution in [3.05, 3.63) is 28.9 Å². The van der Waals surface area contributed by atoms with Crippen LogP contribution >= 0.6 is 11.3 Å². The largest absolute Gasteiger partial charge is 0.465 e. The highest BCUT2D eigenvalue weighted by molar-refractivity contribution is 7.92. The average Bonchev–Trinajstić information content (AvgIpc) is 2.80. The second-order valence-corrected chi connectivity index (χ2v) is 7.07. The van der Waals surface area contributed by atoms with Gasteiger partial charge in [0.2, 0.25) is 10.0 Å². The minimum Gasteiger partial charge on any atom is -0.465 e. The molecular weight excluding hydrogens is 305 g/mol. The number of sulfonamides is 1. The van der Waals surface area contributed by atoms with Gasteiger partial charge in [-0.1, -0.05) is 0 Å². The second-order valence-electron chi connectivity index (χ2n) is 3.98. The Balaban J connectivity index is 2.49. The molecular formula is C12H12FNO4S2. The molecule has 1 heterocycles. The summed E-state index contributed by atoms with van der Waals surface area (Å²) in [4.78, 5) is 11.7. The van der Waals surface area contributed by atoms with Crippen LogP contribution in [0.4, 0.5) is 10.1 Å². The van der Waals surface area contributed by atoms with Crippen LogP contribution in [0.5, 0.6) is 0 Å². The monoisotopic (exact) mass is 317 g/mol. The summed E-state index contributed by atoms with van der Waals surface area (Å²) in [7, 11) is -2.30. The molecule has 0 fully saturated rings. The van der Waals surface area contributed by atoms with E-state index in [0.29, 0.717) is 15.0 Å². The smallest absolute Gasteiger partial charge is 0.348 e. The third-order valence-corrected chi connectivity index (χ3v) is 5.01. The number of carbonyl (C=O) groups is 1. The summed E-state index contributed by atoms with van der Waals surface area (Å²) in [6.45, 7) is 1.46. The van der Waals surface area contributed by atoms with Crippen LogP contribution in [0.15, 0.2) is 18.2 Å². The Hall–Kier alpha value is -1.67. The van der Waals surface area contributed by atoms with Crippen molar-refractivity contribution in [2.45, 2.75) is 6.92 Å². The maximum Gasteiger partial charge on any atom is 0.348 e. The molecule has 0 amide bonds. The SMILES string of the molecule is CCS(=O)(=O)Nc1cc2cc(C(=O)OC)sc2cc1F. The predicted octanol–water partition coefficient (Wildman–Crippen LogP) is 2.59. The normalized spacial score (nSPS) is 11.6. The molecule has 5 nitrogen and oxygen atoms in total. The number of anilines is 1. The lowest BCUT2D eigenvalue weighted by Gasteiger charge is -2.07. The highest BCUT2D eigenvalue weighted by Crippen LogP contribution is 2.31. The van der Waals surface area contributed by atoms with Crippen LogP contribution in [-0.4, -0.2) is 27.2 Å². The number of nitrogens with one attached hydrogen (secondary N) is 1. The Bertz CT molecular complexity index is 767. The van der Waals surface area contributed by atoms with Crippen molar-refractivity contribution in [2.24, 2.45) is 0 Å². The van der Waals surface area contributed by atoms with E-state index in [9.17, 15) is 17.6 Å². The summed E-state index contributed by atoms with van der Waals surface area (Å²) in [5.74, 6) is -1.35. The molecule has 0 bridgehead atoms. The van der Waals surface area contributed by atoms with E-state index in [1.54, 1.807) is 0 Å². The summed E-state index contributed by atoms with van der Waals surface area (Å²) < 4.78 is 44.1. The third kappa shape index (κ3) is 2.91. The van der Waals surface area contributed by atoms with E-state index in [4.69, 9.17) is 0 Å². The topological polar surface area (TPSA) is 72.5 Å². The first-order valence-electron chi connectivity index (χ1n) is 5.68. The van der Waals surface area contributed by atoms with Gasteiger partial charge < -0.3 is 4.74 Å². The molecule has 0 aliphatic carbocycles. The molecule has 8 heteroatoms. The van der Waals surface area contributed by atoms with Crippen molar-refractivity contribution in [1.82, 2.24) is 0 Å². The summed E-state index contributed by atoms with van der Waals surface area (Å²) in [5, 5.41) is 0.575. The fraction of sp³-hybridized carbons (Fsp3) is 0.250. The van der Waals surface area contributed by atoms with Crippen LogP contribution in [0, 0.1) is 5.82 Å². The van der Waals surface area contributed by atoms with Gasteiger partial charge in [-0.25, -0.2) is 17.6 Å². The quantitative estimate of drug-likeness (QED) is 0.880. The maximum atomic E-state index is 13.8. The fourth-order valence-corrected chi connectivity index (χ4v) is 3.20. The predicted molar refractivity (Wildman–Crippen MR) is 76.2 cm³/mol. The molecule has 2 aromatic rings. The zero-order valence-electron chi connectivity index (χ0n) is 10.8. The number of rotatable bonds is 4. The van der Waals surface area contributed by atoms with E-state index in [-0.39, 0.29) is 11.4 Å². The Morgan fingerprint density at radius 2 is 2.10 bits per heavy atom. The number of carbonyl (C=O) groups excluding carboxylic acids is 1. The number of hydrogen-bond donors (Lipinski definition) is 1. The van der Waals surface area contributed by atoms with Gasteiger partial charge in [0, 0.05) is 4.70 Å². The zero-order valence-corrected chi connectivity index (χ0v) is 12.4. The molecule has 0 aliphatic rings. The van der Waals surface area contributed by atoms with Crippen LogP contribution in [0.2, 0.25) is 0 Å². The van der Waals surface area contributed by atoms with Gasteiger partial charge in [0.15, 0.2) is 0 Å². The van der Waals surface area contributed by atoms with E-state index in [1.165, 1.54) is 32.2 Å². The number of halogens is 1. The lowest BCUT2D eigenvalue weighted by atomic mass is 10.2. The van der Waals surface area contributed by atoms with Gasteiger partial charge in [0.1, 0.15) is 10.7 Å². The minimum absolute atomic E-state index is 0.131. The third-order valence-electron chi connectivity index (χ3n) is 2.64. The number of methoxy groups -OCH3 is 1. The molecule has 0 saturated carbocycles. The fourth-order valence-electron chi connectivity index (χ4n) is 1.58. The molecule has 0 unspecified atom stereocenters. The van der Waals surface area contributed by atoms with Gasteiger partial charge in [0.05, 0.1) is 18.6 Å². The molecule has 2 rings (SSSR count). The van der Waals surface area contributed by atoms with Gasteiger partial charge >= 0.3 is 5.97 Å². The van der Waals surface area contributed by atoms with Crippen molar-refractivity contribution in [3.63, 3.8) is 0 Å². The molecule has 0 aliphatic heterocycles. The van der Waals surface area contributed by atoms with Gasteiger partial charge in [-0.05, 0) is 30.5 Å². The van der Waals surface area contributed by atoms with Gasteiger partial charge in [-0.3, -0.25) is 4.72 Å². The first-order chi connectivity index (χ1) is 9.36. The van der Waals surface area contributed by atoms with Crippen molar-refractivity contribution < 1.29 is 22.3 Å². The van der Waals surface area contributed by atoms with E-state index in [0.717, 1.165) is 11.3 Å². The van der Waals surface area contributed by atoms with Gasteiger partial charge in [-0.2, -0.15) is 0 Å². The summed E-state index contributed by atoms with van der Waals surface area (Å²) in [6.07, 6.45) is 0. The first kappa shape index (κ1) is 14.7. The molecule has 20 heavy (non-hydrogen) atoms. The Labute approximate surface area is 119 Å². The Morgan fingerprint density at radius 1 is 1.40 bits per heavy atom. The van der Waals surface area contributed by atoms with Gasteiger partial charge in [0.25, 0.3) is 0 Å². The van der Waals surface area contributed by atoms with Crippen molar-refractivity contribution in [3.8, 4) is 0 Å². The molecule has 0 saturated heterocycles. The number of thiophene rings is 1. The summed E-state index contributed by atoms with van der Waals surface area (Å²) in [6, 6.07) is 4.09. The Morgan fingerprint density at radius 3 is 2.70 bits per heavy atom. The molecule has 0 spiro atoms. The first-order valence-corrected chi connectivity index (χ1v) is 8.15. The number of ether oxygens (including phenoxy) is 1. The molecule has 108 valence electrons. The number of fused-ring (bicyclic) bond motifs is 1. The molecule has 1 aromatic heterocycles. The highest BCUT2D eigenvalue weighted by Gasteiger charge is 2.15.